The monoisotopic (exact) mass is 250 g/mol. The first-order valence-corrected chi connectivity index (χ1v) is 4.15. The third-order valence-corrected chi connectivity index (χ3v) is 2.77. The van der Waals surface area contributed by atoms with Crippen LogP contribution in [0.5, 0.6) is 0 Å². The predicted octanol–water partition coefficient (Wildman–Crippen LogP) is 4.58. The van der Waals surface area contributed by atoms with E-state index in [4.69, 9.17) is 46.4 Å². The van der Waals surface area contributed by atoms with E-state index in [1.165, 1.54) is 0 Å². The summed E-state index contributed by atoms with van der Waals surface area (Å²) in [5, 5.41) is -2.09. The standard InChI is InChI=1S/C6Cl4F2/c7-1-2(8)5(11)4(10)6(12)3(1)9. The highest BCUT2D eigenvalue weighted by Gasteiger charge is 2.19. The van der Waals surface area contributed by atoms with E-state index >= 15 is 0 Å². The summed E-state index contributed by atoms with van der Waals surface area (Å²) in [7, 11) is 0. The Labute approximate surface area is 87.0 Å². The van der Waals surface area contributed by atoms with Crippen molar-refractivity contribution in [3.05, 3.63) is 31.7 Å². The van der Waals surface area contributed by atoms with E-state index in [0.29, 0.717) is 0 Å². The molecule has 0 spiro atoms. The second-order valence-corrected chi connectivity index (χ2v) is 3.40. The second-order valence-electron chi connectivity index (χ2n) is 1.88. The van der Waals surface area contributed by atoms with Crippen molar-refractivity contribution in [2.24, 2.45) is 0 Å². The number of rotatable bonds is 0. The maximum Gasteiger partial charge on any atom is 0.164 e. The summed E-state index contributed by atoms with van der Waals surface area (Å²) < 4.78 is 25.6. The van der Waals surface area contributed by atoms with Crippen molar-refractivity contribution in [3.63, 3.8) is 0 Å². The Morgan fingerprint density at radius 3 is 1.25 bits per heavy atom. The lowest BCUT2D eigenvalue weighted by atomic mass is 10.3. The number of benzene rings is 1. The summed E-state index contributed by atoms with van der Waals surface area (Å²) in [5.74, 6) is -2.21. The van der Waals surface area contributed by atoms with E-state index in [1.54, 1.807) is 0 Å². The summed E-state index contributed by atoms with van der Waals surface area (Å²) in [6.45, 7) is 0. The zero-order valence-electron chi connectivity index (χ0n) is 5.27. The Morgan fingerprint density at radius 2 is 0.917 bits per heavy atom. The van der Waals surface area contributed by atoms with Crippen LogP contribution in [0.2, 0.25) is 20.1 Å². The maximum atomic E-state index is 12.8. The lowest BCUT2D eigenvalue weighted by Gasteiger charge is -2.03. The smallest absolute Gasteiger partial charge is 0.164 e. The van der Waals surface area contributed by atoms with Gasteiger partial charge in [-0.2, -0.15) is 0 Å². The predicted molar refractivity (Wildman–Crippen MR) is 46.4 cm³/mol. The molecule has 0 aromatic heterocycles. The lowest BCUT2D eigenvalue weighted by molar-refractivity contribution is 0.585. The van der Waals surface area contributed by atoms with Gasteiger partial charge in [0.2, 0.25) is 0 Å². The van der Waals surface area contributed by atoms with Crippen LogP contribution in [0.25, 0.3) is 0 Å². The van der Waals surface area contributed by atoms with Crippen LogP contribution >= 0.6 is 46.4 Å². The molecular formula is C6Cl4F2. The summed E-state index contributed by atoms with van der Waals surface area (Å²) in [5.41, 5.74) is 0. The van der Waals surface area contributed by atoms with Crippen LogP contribution in [0.3, 0.4) is 0 Å². The van der Waals surface area contributed by atoms with Crippen LogP contribution in [0.4, 0.5) is 8.78 Å². The van der Waals surface area contributed by atoms with Gasteiger partial charge in [-0.15, -0.1) is 0 Å². The van der Waals surface area contributed by atoms with Crippen LogP contribution in [0.1, 0.15) is 0 Å². The lowest BCUT2D eigenvalue weighted by Crippen LogP contribution is -1.88. The van der Waals surface area contributed by atoms with Crippen LogP contribution in [0.15, 0.2) is 0 Å². The van der Waals surface area contributed by atoms with Crippen molar-refractivity contribution in [2.45, 2.75) is 0 Å². The molecule has 0 unspecified atom stereocenters. The summed E-state index contributed by atoms with van der Waals surface area (Å²) in [6, 6.07) is 0. The molecule has 0 fully saturated rings. The van der Waals surface area contributed by atoms with Gasteiger partial charge in [-0.25, -0.2) is 8.78 Å². The molecule has 0 saturated heterocycles. The van der Waals surface area contributed by atoms with Gasteiger partial charge in [0.05, 0.1) is 15.1 Å². The minimum Gasteiger partial charge on any atom is -0.204 e. The zero-order chi connectivity index (χ0) is 9.46. The zero-order valence-corrected chi connectivity index (χ0v) is 8.29. The van der Waals surface area contributed by atoms with Crippen LogP contribution in [-0.4, -0.2) is 0 Å². The highest BCUT2D eigenvalue weighted by atomic mass is 35.5. The van der Waals surface area contributed by atoms with Gasteiger partial charge in [0.15, 0.2) is 11.6 Å². The maximum absolute atomic E-state index is 12.8. The number of hydrogen-bond acceptors (Lipinski definition) is 0. The molecule has 0 N–H and O–H groups in total. The molecule has 0 radical (unpaired) electrons. The van der Waals surface area contributed by atoms with Crippen LogP contribution < -0.4 is 0 Å². The normalized spacial score (nSPS) is 10.5. The molecule has 0 bridgehead atoms. The molecule has 1 aromatic carbocycles. The molecule has 0 aliphatic heterocycles. The highest BCUT2D eigenvalue weighted by Crippen LogP contribution is 2.38. The van der Waals surface area contributed by atoms with E-state index in [2.05, 4.69) is 0 Å². The van der Waals surface area contributed by atoms with Gasteiger partial charge < -0.3 is 0 Å². The first kappa shape index (κ1) is 10.3. The van der Waals surface area contributed by atoms with Crippen molar-refractivity contribution in [1.29, 1.82) is 0 Å². The summed E-state index contributed by atoms with van der Waals surface area (Å²) in [6.07, 6.45) is 0. The second kappa shape index (κ2) is 3.54. The third-order valence-electron chi connectivity index (χ3n) is 1.16. The number of halogens is 6. The third kappa shape index (κ3) is 1.49. The van der Waals surface area contributed by atoms with E-state index < -0.39 is 26.7 Å². The average Bonchev–Trinajstić information content (AvgIpc) is 2.08. The Kier molecular flexibility index (Phi) is 3.05. The van der Waals surface area contributed by atoms with Gasteiger partial charge >= 0.3 is 0 Å². The molecule has 0 aliphatic carbocycles. The molecule has 0 atom stereocenters. The van der Waals surface area contributed by atoms with Crippen LogP contribution in [0, 0.1) is 11.6 Å². The Morgan fingerprint density at radius 1 is 0.583 bits per heavy atom. The Hall–Kier alpha value is 0.240. The molecule has 0 aliphatic rings. The Bertz CT molecular complexity index is 232. The quantitative estimate of drug-likeness (QED) is 0.468. The molecule has 1 rings (SSSR count). The van der Waals surface area contributed by atoms with Crippen molar-refractivity contribution >= 4 is 46.4 Å². The fraction of sp³-hybridized carbons (Fsp3) is 0. The first-order chi connectivity index (χ1) is 5.46. The molecule has 0 nitrogen and oxygen atoms in total. The molecule has 66 valence electrons. The molecular weight excluding hydrogens is 252 g/mol. The highest BCUT2D eigenvalue weighted by molar-refractivity contribution is 6.49. The van der Waals surface area contributed by atoms with Gasteiger partial charge in [0.25, 0.3) is 0 Å². The van der Waals surface area contributed by atoms with Gasteiger partial charge in [-0.05, 0) is 0 Å². The largest absolute Gasteiger partial charge is 0.204 e. The topological polar surface area (TPSA) is 0 Å². The minimum atomic E-state index is -1.11. The van der Waals surface area contributed by atoms with Gasteiger partial charge in [0.1, 0.15) is 5.02 Å². The van der Waals surface area contributed by atoms with E-state index in [1.807, 2.05) is 0 Å². The van der Waals surface area contributed by atoms with Gasteiger partial charge in [-0.1, -0.05) is 46.4 Å². The van der Waals surface area contributed by atoms with Gasteiger partial charge in [-0.3, -0.25) is 0 Å². The average molecular weight is 252 g/mol. The fourth-order valence-electron chi connectivity index (χ4n) is 0.578. The van der Waals surface area contributed by atoms with E-state index in [0.717, 1.165) is 0 Å². The number of hydrogen-bond donors (Lipinski definition) is 0. The van der Waals surface area contributed by atoms with Crippen molar-refractivity contribution in [3.8, 4) is 0 Å². The molecule has 0 amide bonds. The van der Waals surface area contributed by atoms with Crippen molar-refractivity contribution < 1.29 is 8.78 Å². The van der Waals surface area contributed by atoms with E-state index in [9.17, 15) is 8.78 Å². The van der Waals surface area contributed by atoms with Crippen molar-refractivity contribution in [2.75, 3.05) is 0 Å². The first-order valence-electron chi connectivity index (χ1n) is 2.63. The summed E-state index contributed by atoms with van der Waals surface area (Å²) >= 11 is 21.2. The van der Waals surface area contributed by atoms with E-state index in [-0.39, 0.29) is 5.02 Å². The summed E-state index contributed by atoms with van der Waals surface area (Å²) in [4.78, 5) is 0. The fourth-order valence-corrected chi connectivity index (χ4v) is 1.46. The molecule has 0 heterocycles. The molecule has 0 saturated carbocycles. The van der Waals surface area contributed by atoms with Crippen molar-refractivity contribution in [1.82, 2.24) is 0 Å². The molecule has 1 aromatic rings. The van der Waals surface area contributed by atoms with Gasteiger partial charge in [0, 0.05) is 0 Å². The molecule has 6 heteroatoms. The SMILES string of the molecule is Fc1c(Cl)c(F)c(Cl)c(Cl)c1Cl. The molecule has 12 heavy (non-hydrogen) atoms. The Balaban J connectivity index is 3.60. The van der Waals surface area contributed by atoms with Crippen LogP contribution in [-0.2, 0) is 0 Å². The minimum absolute atomic E-state index is 0.377.